The lowest BCUT2D eigenvalue weighted by atomic mass is 9.60. The van der Waals surface area contributed by atoms with Crippen LogP contribution in [-0.4, -0.2) is 5.97 Å². The van der Waals surface area contributed by atoms with Gasteiger partial charge in [-0.3, -0.25) is 4.79 Å². The van der Waals surface area contributed by atoms with E-state index in [0.29, 0.717) is 0 Å². The smallest absolute Gasteiger partial charge is 0.314 e. The van der Waals surface area contributed by atoms with Crippen LogP contribution >= 0.6 is 0 Å². The number of nitriles is 1. The molecule has 34 heavy (non-hydrogen) atoms. The highest BCUT2D eigenvalue weighted by atomic mass is 19.1. The Morgan fingerprint density at radius 1 is 0.941 bits per heavy atom. The minimum absolute atomic E-state index is 0.0320. The largest absolute Gasteiger partial charge is 0.426 e. The van der Waals surface area contributed by atoms with Gasteiger partial charge in [-0.15, -0.1) is 0 Å². The van der Waals surface area contributed by atoms with Crippen LogP contribution in [0.25, 0.3) is 0 Å². The van der Waals surface area contributed by atoms with E-state index in [4.69, 9.17) is 10.00 Å². The predicted molar refractivity (Wildman–Crippen MR) is 133 cm³/mol. The van der Waals surface area contributed by atoms with Crippen molar-refractivity contribution in [3.63, 3.8) is 0 Å². The number of halogens is 1. The molecule has 4 unspecified atom stereocenters. The molecule has 0 saturated heterocycles. The minimum Gasteiger partial charge on any atom is -0.426 e. The first-order valence-corrected chi connectivity index (χ1v) is 14.0. The second kappa shape index (κ2) is 12.2. The van der Waals surface area contributed by atoms with Gasteiger partial charge in [-0.1, -0.05) is 45.4 Å². The molecule has 0 spiro atoms. The summed E-state index contributed by atoms with van der Waals surface area (Å²) < 4.78 is 19.3. The average molecular weight is 468 g/mol. The van der Waals surface area contributed by atoms with Gasteiger partial charge in [0, 0.05) is 6.07 Å². The molecule has 3 aliphatic rings. The van der Waals surface area contributed by atoms with E-state index in [-0.39, 0.29) is 23.2 Å². The average Bonchev–Trinajstić information content (AvgIpc) is 2.86. The van der Waals surface area contributed by atoms with Crippen molar-refractivity contribution in [3.05, 3.63) is 29.6 Å². The summed E-state index contributed by atoms with van der Waals surface area (Å²) in [5.74, 6) is 3.72. The van der Waals surface area contributed by atoms with Gasteiger partial charge < -0.3 is 4.74 Å². The summed E-state index contributed by atoms with van der Waals surface area (Å²) in [5.41, 5.74) is -0.0320. The summed E-state index contributed by atoms with van der Waals surface area (Å²) in [6.45, 7) is 2.29. The Hall–Kier alpha value is -1.89. The van der Waals surface area contributed by atoms with Crippen molar-refractivity contribution in [2.24, 2.45) is 35.5 Å². The highest BCUT2D eigenvalue weighted by Crippen LogP contribution is 2.49. The van der Waals surface area contributed by atoms with E-state index in [9.17, 15) is 9.18 Å². The molecule has 3 saturated carbocycles. The summed E-state index contributed by atoms with van der Waals surface area (Å²) in [6.07, 6.45) is 19.6. The normalized spacial score (nSPS) is 31.3. The molecule has 4 atom stereocenters. The molecule has 186 valence electrons. The van der Waals surface area contributed by atoms with Crippen LogP contribution in [0.5, 0.6) is 5.75 Å². The number of esters is 1. The number of carbonyl (C=O) groups is 1. The maximum atomic E-state index is 13.8. The lowest BCUT2D eigenvalue weighted by Crippen LogP contribution is -2.35. The summed E-state index contributed by atoms with van der Waals surface area (Å²) in [4.78, 5) is 12.6. The van der Waals surface area contributed by atoms with Gasteiger partial charge in [0.25, 0.3) is 0 Å². The summed E-state index contributed by atoms with van der Waals surface area (Å²) in [6, 6.07) is 5.80. The lowest BCUT2D eigenvalue weighted by molar-refractivity contribution is -0.140. The van der Waals surface area contributed by atoms with Crippen LogP contribution in [0, 0.1) is 52.7 Å². The van der Waals surface area contributed by atoms with Crippen LogP contribution in [0.2, 0.25) is 0 Å². The first-order valence-electron chi connectivity index (χ1n) is 14.0. The maximum absolute atomic E-state index is 13.8. The van der Waals surface area contributed by atoms with E-state index in [1.54, 1.807) is 6.07 Å². The van der Waals surface area contributed by atoms with Gasteiger partial charge >= 0.3 is 5.97 Å². The van der Waals surface area contributed by atoms with Gasteiger partial charge in [0.05, 0.1) is 11.5 Å². The number of fused-ring (bicyclic) bond motifs is 1. The molecule has 3 aliphatic carbocycles. The Bertz CT molecular complexity index is 854. The maximum Gasteiger partial charge on any atom is 0.314 e. The third kappa shape index (κ3) is 6.41. The van der Waals surface area contributed by atoms with E-state index in [0.717, 1.165) is 61.3 Å². The van der Waals surface area contributed by atoms with Crippen molar-refractivity contribution in [2.45, 2.75) is 103 Å². The first kappa shape index (κ1) is 25.2. The van der Waals surface area contributed by atoms with Crippen LogP contribution < -0.4 is 4.74 Å². The SMILES string of the molecule is CCCCCCC1CCC2CC(C3CCC(C(=O)Oc4ccc(C#N)c(F)c4)CC3)CCC2C1. The highest BCUT2D eigenvalue weighted by molar-refractivity contribution is 5.75. The van der Waals surface area contributed by atoms with E-state index >= 15 is 0 Å². The molecule has 0 heterocycles. The van der Waals surface area contributed by atoms with Gasteiger partial charge in [0.15, 0.2) is 0 Å². The molecule has 1 aromatic carbocycles. The molecule has 3 fully saturated rings. The fourth-order valence-electron chi connectivity index (χ4n) is 7.25. The van der Waals surface area contributed by atoms with Gasteiger partial charge in [-0.2, -0.15) is 5.26 Å². The number of nitrogens with zero attached hydrogens (tertiary/aromatic N) is 1. The van der Waals surface area contributed by atoms with Crippen LogP contribution in [-0.2, 0) is 4.79 Å². The van der Waals surface area contributed by atoms with E-state index in [1.165, 1.54) is 82.8 Å². The standard InChI is InChI=1S/C30H42FNO2/c1-2-3-4-5-6-21-7-8-26-18-25(14-13-24(26)17-21)22-9-11-23(12-10-22)30(33)34-28-16-15-27(20-32)29(31)19-28/h15-16,19,21-26H,2-14,17-18H2,1H3. The first-order chi connectivity index (χ1) is 16.6. The van der Waals surface area contributed by atoms with Crippen molar-refractivity contribution in [1.29, 1.82) is 5.26 Å². The molecule has 3 nitrogen and oxygen atoms in total. The Kier molecular flexibility index (Phi) is 9.04. The predicted octanol–water partition coefficient (Wildman–Crippen LogP) is 8.21. The van der Waals surface area contributed by atoms with Crippen LogP contribution in [0.15, 0.2) is 18.2 Å². The molecule has 1 aromatic rings. The van der Waals surface area contributed by atoms with Gasteiger partial charge in [-0.25, -0.2) is 4.39 Å². The number of rotatable bonds is 8. The van der Waals surface area contributed by atoms with Crippen molar-refractivity contribution >= 4 is 5.97 Å². The van der Waals surface area contributed by atoms with E-state index in [2.05, 4.69) is 6.92 Å². The zero-order chi connectivity index (χ0) is 23.9. The molecule has 0 aromatic heterocycles. The number of ether oxygens (including phenoxy) is 1. The van der Waals surface area contributed by atoms with Gasteiger partial charge in [0.1, 0.15) is 17.6 Å². The van der Waals surface area contributed by atoms with Crippen LogP contribution in [0.3, 0.4) is 0 Å². The number of benzene rings is 1. The van der Waals surface area contributed by atoms with Gasteiger partial charge in [0.2, 0.25) is 0 Å². The lowest BCUT2D eigenvalue weighted by Gasteiger charge is -2.45. The second-order valence-corrected chi connectivity index (χ2v) is 11.4. The third-order valence-electron chi connectivity index (χ3n) is 9.28. The Morgan fingerprint density at radius 3 is 2.32 bits per heavy atom. The summed E-state index contributed by atoms with van der Waals surface area (Å²) in [7, 11) is 0. The van der Waals surface area contributed by atoms with E-state index in [1.807, 2.05) is 0 Å². The number of hydrogen-bond acceptors (Lipinski definition) is 3. The molecule has 4 heteroatoms. The van der Waals surface area contributed by atoms with Crippen molar-refractivity contribution < 1.29 is 13.9 Å². The molecule has 4 rings (SSSR count). The zero-order valence-corrected chi connectivity index (χ0v) is 20.9. The second-order valence-electron chi connectivity index (χ2n) is 11.4. The Labute approximate surface area is 205 Å². The Balaban J connectivity index is 1.19. The minimum atomic E-state index is -0.641. The highest BCUT2D eigenvalue weighted by Gasteiger charge is 2.39. The monoisotopic (exact) mass is 467 g/mol. The molecule has 0 radical (unpaired) electrons. The molecular weight excluding hydrogens is 425 g/mol. The number of carbonyl (C=O) groups excluding carboxylic acids is 1. The van der Waals surface area contributed by atoms with Crippen LogP contribution in [0.4, 0.5) is 4.39 Å². The quantitative estimate of drug-likeness (QED) is 0.220. The van der Waals surface area contributed by atoms with E-state index < -0.39 is 5.82 Å². The van der Waals surface area contributed by atoms with Crippen molar-refractivity contribution in [2.75, 3.05) is 0 Å². The molecule has 0 amide bonds. The Morgan fingerprint density at radius 2 is 1.62 bits per heavy atom. The zero-order valence-electron chi connectivity index (χ0n) is 20.9. The summed E-state index contributed by atoms with van der Waals surface area (Å²) >= 11 is 0. The third-order valence-corrected chi connectivity index (χ3v) is 9.28. The van der Waals surface area contributed by atoms with Crippen LogP contribution in [0.1, 0.15) is 109 Å². The number of hydrogen-bond donors (Lipinski definition) is 0. The molecule has 0 bridgehead atoms. The fourth-order valence-corrected chi connectivity index (χ4v) is 7.25. The van der Waals surface area contributed by atoms with Crippen molar-refractivity contribution in [1.82, 2.24) is 0 Å². The molecule has 0 N–H and O–H groups in total. The van der Waals surface area contributed by atoms with Gasteiger partial charge in [-0.05, 0) is 99.5 Å². The number of unbranched alkanes of at least 4 members (excludes halogenated alkanes) is 3. The summed E-state index contributed by atoms with van der Waals surface area (Å²) in [5, 5.41) is 8.85. The topological polar surface area (TPSA) is 50.1 Å². The molecular formula is C30H42FNO2. The van der Waals surface area contributed by atoms with Crippen molar-refractivity contribution in [3.8, 4) is 11.8 Å². The molecule has 0 aliphatic heterocycles. The fraction of sp³-hybridized carbons (Fsp3) is 0.733.